The molecule has 0 aliphatic rings. The van der Waals surface area contributed by atoms with Gasteiger partial charge in [-0.2, -0.15) is 0 Å². The van der Waals surface area contributed by atoms with Crippen molar-refractivity contribution in [2.24, 2.45) is 5.92 Å². The van der Waals surface area contributed by atoms with E-state index in [0.29, 0.717) is 29.5 Å². The summed E-state index contributed by atoms with van der Waals surface area (Å²) in [6, 6.07) is 5.23. The summed E-state index contributed by atoms with van der Waals surface area (Å²) in [5.74, 6) is 1.22. The van der Waals surface area contributed by atoms with E-state index in [1.54, 1.807) is 18.2 Å². The first-order valence-corrected chi connectivity index (χ1v) is 7.06. The molecule has 5 heteroatoms. The molecule has 0 heterocycles. The van der Waals surface area contributed by atoms with Crippen LogP contribution in [-0.2, 0) is 0 Å². The highest BCUT2D eigenvalue weighted by Crippen LogP contribution is 2.28. The van der Waals surface area contributed by atoms with Crippen molar-refractivity contribution in [2.75, 3.05) is 20.8 Å². The summed E-state index contributed by atoms with van der Waals surface area (Å²) >= 11 is 6.18. The average molecular weight is 300 g/mol. The molecule has 0 fully saturated rings. The highest BCUT2D eigenvalue weighted by molar-refractivity contribution is 6.21. The van der Waals surface area contributed by atoms with E-state index in [1.165, 1.54) is 14.2 Å². The molecule has 1 atom stereocenters. The highest BCUT2D eigenvalue weighted by Gasteiger charge is 2.19. The molecule has 1 amide bonds. The fraction of sp³-hybridized carbons (Fsp3) is 0.533. The van der Waals surface area contributed by atoms with E-state index in [2.05, 4.69) is 19.2 Å². The second-order valence-electron chi connectivity index (χ2n) is 4.97. The van der Waals surface area contributed by atoms with Gasteiger partial charge in [0, 0.05) is 6.54 Å². The first-order chi connectivity index (χ1) is 9.49. The number of hydrogen-bond acceptors (Lipinski definition) is 3. The van der Waals surface area contributed by atoms with E-state index < -0.39 is 0 Å². The summed E-state index contributed by atoms with van der Waals surface area (Å²) in [5, 5.41) is 2.74. The lowest BCUT2D eigenvalue weighted by Gasteiger charge is -2.15. The van der Waals surface area contributed by atoms with Crippen LogP contribution in [0.3, 0.4) is 0 Å². The number of ether oxygens (including phenoxy) is 2. The fourth-order valence-electron chi connectivity index (χ4n) is 1.96. The van der Waals surface area contributed by atoms with Crippen molar-refractivity contribution < 1.29 is 14.3 Å². The Morgan fingerprint density at radius 2 is 1.80 bits per heavy atom. The molecule has 0 bridgehead atoms. The van der Waals surface area contributed by atoms with Crippen LogP contribution in [0.5, 0.6) is 11.5 Å². The molecule has 0 spiro atoms. The summed E-state index contributed by atoms with van der Waals surface area (Å²) < 4.78 is 10.4. The molecule has 0 aliphatic heterocycles. The molecule has 0 aromatic heterocycles. The molecule has 20 heavy (non-hydrogen) atoms. The standard InChI is InChI=1S/C15H22ClNO3/c1-10(2)8-11(16)9-17-15(18)14-12(19-3)6-5-7-13(14)20-4/h5-7,10-11H,8-9H2,1-4H3,(H,17,18). The molecule has 1 aromatic carbocycles. The molecule has 0 radical (unpaired) electrons. The van der Waals surface area contributed by atoms with Gasteiger partial charge in [-0.05, 0) is 24.5 Å². The van der Waals surface area contributed by atoms with E-state index in [1.807, 2.05) is 0 Å². The van der Waals surface area contributed by atoms with Crippen LogP contribution in [0.1, 0.15) is 30.6 Å². The topological polar surface area (TPSA) is 47.6 Å². The molecular formula is C15H22ClNO3. The third kappa shape index (κ3) is 4.60. The smallest absolute Gasteiger partial charge is 0.258 e. The van der Waals surface area contributed by atoms with Crippen molar-refractivity contribution in [3.05, 3.63) is 23.8 Å². The van der Waals surface area contributed by atoms with Crippen molar-refractivity contribution in [1.82, 2.24) is 5.32 Å². The van der Waals surface area contributed by atoms with Crippen LogP contribution >= 0.6 is 11.6 Å². The lowest BCUT2D eigenvalue weighted by Crippen LogP contribution is -2.31. The number of halogens is 1. The summed E-state index contributed by atoms with van der Waals surface area (Å²) in [6.07, 6.45) is 0.852. The number of carbonyl (C=O) groups excluding carboxylic acids is 1. The number of hydrogen-bond donors (Lipinski definition) is 1. The van der Waals surface area contributed by atoms with Crippen molar-refractivity contribution >= 4 is 17.5 Å². The molecule has 1 aromatic rings. The van der Waals surface area contributed by atoms with Gasteiger partial charge < -0.3 is 14.8 Å². The monoisotopic (exact) mass is 299 g/mol. The molecule has 0 aliphatic carbocycles. The van der Waals surface area contributed by atoms with Crippen LogP contribution in [0.25, 0.3) is 0 Å². The van der Waals surface area contributed by atoms with Crippen molar-refractivity contribution in [2.45, 2.75) is 25.6 Å². The fourth-order valence-corrected chi connectivity index (χ4v) is 2.40. The predicted molar refractivity (Wildman–Crippen MR) is 81.0 cm³/mol. The van der Waals surface area contributed by atoms with Gasteiger partial charge in [-0.3, -0.25) is 4.79 Å². The van der Waals surface area contributed by atoms with Gasteiger partial charge in [0.2, 0.25) is 0 Å². The largest absolute Gasteiger partial charge is 0.496 e. The van der Waals surface area contributed by atoms with Crippen molar-refractivity contribution in [3.63, 3.8) is 0 Å². The second kappa shape index (κ2) is 8.00. The van der Waals surface area contributed by atoms with Gasteiger partial charge in [0.05, 0.1) is 19.6 Å². The predicted octanol–water partition coefficient (Wildman–Crippen LogP) is 3.09. The zero-order chi connectivity index (χ0) is 15.1. The van der Waals surface area contributed by atoms with Gasteiger partial charge in [0.1, 0.15) is 17.1 Å². The van der Waals surface area contributed by atoms with E-state index in [4.69, 9.17) is 21.1 Å². The van der Waals surface area contributed by atoms with Crippen LogP contribution in [-0.4, -0.2) is 32.0 Å². The zero-order valence-corrected chi connectivity index (χ0v) is 13.2. The maximum absolute atomic E-state index is 12.3. The van der Waals surface area contributed by atoms with Crippen LogP contribution in [0.15, 0.2) is 18.2 Å². The molecule has 4 nitrogen and oxygen atoms in total. The SMILES string of the molecule is COc1cccc(OC)c1C(=O)NCC(Cl)CC(C)C. The minimum atomic E-state index is -0.242. The van der Waals surface area contributed by atoms with Gasteiger partial charge >= 0.3 is 0 Å². The first-order valence-electron chi connectivity index (χ1n) is 6.62. The molecule has 1 N–H and O–H groups in total. The third-order valence-corrected chi connectivity index (χ3v) is 3.20. The maximum Gasteiger partial charge on any atom is 0.258 e. The summed E-state index contributed by atoms with van der Waals surface area (Å²) in [4.78, 5) is 12.3. The second-order valence-corrected chi connectivity index (χ2v) is 5.59. The Kier molecular flexibility index (Phi) is 6.65. The highest BCUT2D eigenvalue weighted by atomic mass is 35.5. The van der Waals surface area contributed by atoms with Crippen LogP contribution < -0.4 is 14.8 Å². The van der Waals surface area contributed by atoms with E-state index in [9.17, 15) is 4.79 Å². The summed E-state index contributed by atoms with van der Waals surface area (Å²) in [5.41, 5.74) is 0.394. The van der Waals surface area contributed by atoms with Gasteiger partial charge in [-0.25, -0.2) is 0 Å². The van der Waals surface area contributed by atoms with E-state index in [-0.39, 0.29) is 11.3 Å². The normalized spacial score (nSPS) is 12.1. The minimum absolute atomic E-state index is 0.0837. The lowest BCUT2D eigenvalue weighted by molar-refractivity contribution is 0.0946. The average Bonchev–Trinajstić information content (AvgIpc) is 2.42. The minimum Gasteiger partial charge on any atom is -0.496 e. The van der Waals surface area contributed by atoms with Crippen LogP contribution in [0.4, 0.5) is 0 Å². The number of methoxy groups -OCH3 is 2. The van der Waals surface area contributed by atoms with Gasteiger partial charge in [-0.15, -0.1) is 11.6 Å². The number of rotatable bonds is 7. The summed E-state index contributed by atoms with van der Waals surface area (Å²) in [6.45, 7) is 4.61. The molecular weight excluding hydrogens is 278 g/mol. The molecule has 1 unspecified atom stereocenters. The quantitative estimate of drug-likeness (QED) is 0.787. The Labute approximate surface area is 125 Å². The zero-order valence-electron chi connectivity index (χ0n) is 12.4. The van der Waals surface area contributed by atoms with E-state index >= 15 is 0 Å². The Hall–Kier alpha value is -1.42. The van der Waals surface area contributed by atoms with Crippen LogP contribution in [0.2, 0.25) is 0 Å². The van der Waals surface area contributed by atoms with Gasteiger partial charge in [0.25, 0.3) is 5.91 Å². The first kappa shape index (κ1) is 16.6. The van der Waals surface area contributed by atoms with Crippen molar-refractivity contribution in [1.29, 1.82) is 0 Å². The lowest BCUT2D eigenvalue weighted by atomic mass is 10.1. The Morgan fingerprint density at radius 3 is 2.25 bits per heavy atom. The number of amides is 1. The molecule has 1 rings (SSSR count). The molecule has 0 saturated heterocycles. The molecule has 112 valence electrons. The van der Waals surface area contributed by atoms with E-state index in [0.717, 1.165) is 6.42 Å². The number of carbonyl (C=O) groups is 1. The maximum atomic E-state index is 12.3. The number of benzene rings is 1. The Bertz CT molecular complexity index is 426. The third-order valence-electron chi connectivity index (χ3n) is 2.87. The molecule has 0 saturated carbocycles. The number of alkyl halides is 1. The van der Waals surface area contributed by atoms with Crippen molar-refractivity contribution in [3.8, 4) is 11.5 Å². The summed E-state index contributed by atoms with van der Waals surface area (Å²) in [7, 11) is 3.04. The van der Waals surface area contributed by atoms with Crippen LogP contribution in [0, 0.1) is 5.92 Å². The Morgan fingerprint density at radius 1 is 1.25 bits per heavy atom. The van der Waals surface area contributed by atoms with Gasteiger partial charge in [0.15, 0.2) is 0 Å². The van der Waals surface area contributed by atoms with Gasteiger partial charge in [-0.1, -0.05) is 19.9 Å². The Balaban J connectivity index is 2.77. The number of nitrogens with one attached hydrogen (secondary N) is 1.